The molecule has 1 heterocycles. The van der Waals surface area contributed by atoms with E-state index >= 15 is 0 Å². The molecule has 1 aliphatic heterocycles. The summed E-state index contributed by atoms with van der Waals surface area (Å²) in [7, 11) is 1.71. The number of alkyl halides is 3. The zero-order valence-electron chi connectivity index (χ0n) is 21.7. The number of ether oxygens (including phenoxy) is 1. The van der Waals surface area contributed by atoms with E-state index < -0.39 is 23.4 Å². The highest BCUT2D eigenvalue weighted by atomic mass is 35.5. The lowest BCUT2D eigenvalue weighted by Crippen LogP contribution is -2.38. The molecule has 0 aromatic heterocycles. The molecule has 1 atom stereocenters. The highest BCUT2D eigenvalue weighted by Crippen LogP contribution is 2.39. The van der Waals surface area contributed by atoms with Gasteiger partial charge in [-0.15, -0.1) is 0 Å². The van der Waals surface area contributed by atoms with Crippen molar-refractivity contribution in [3.05, 3.63) is 69.2 Å². The minimum Gasteiger partial charge on any atom is -0.444 e. The number of nitrogens with zero attached hydrogens (tertiary/aromatic N) is 2. The second-order valence-corrected chi connectivity index (χ2v) is 11.5. The van der Waals surface area contributed by atoms with Gasteiger partial charge in [0, 0.05) is 19.5 Å². The molecule has 0 saturated carbocycles. The Morgan fingerprint density at radius 3 is 2.32 bits per heavy atom. The third kappa shape index (κ3) is 8.52. The lowest BCUT2D eigenvalue weighted by molar-refractivity contribution is -0.138. The largest absolute Gasteiger partial charge is 0.444 e. The van der Waals surface area contributed by atoms with Gasteiger partial charge in [-0.1, -0.05) is 47.5 Å². The van der Waals surface area contributed by atoms with Crippen LogP contribution in [0.3, 0.4) is 0 Å². The van der Waals surface area contributed by atoms with Crippen LogP contribution in [-0.2, 0) is 10.9 Å². The first kappa shape index (κ1) is 29.6. The summed E-state index contributed by atoms with van der Waals surface area (Å²) >= 11 is 12.4. The van der Waals surface area contributed by atoms with Crippen molar-refractivity contribution in [3.63, 3.8) is 0 Å². The van der Waals surface area contributed by atoms with Crippen LogP contribution in [0.5, 0.6) is 0 Å². The van der Waals surface area contributed by atoms with Crippen molar-refractivity contribution in [3.8, 4) is 0 Å². The molecule has 1 aliphatic rings. The fourth-order valence-corrected chi connectivity index (χ4v) is 5.10. The Kier molecular flexibility index (Phi) is 9.81. The van der Waals surface area contributed by atoms with E-state index in [0.29, 0.717) is 48.1 Å². The van der Waals surface area contributed by atoms with Crippen molar-refractivity contribution < 1.29 is 22.7 Å². The summed E-state index contributed by atoms with van der Waals surface area (Å²) in [5, 5.41) is 0.916. The molecule has 2 aromatic carbocycles. The molecule has 9 heteroatoms. The van der Waals surface area contributed by atoms with Gasteiger partial charge < -0.3 is 14.5 Å². The number of halogens is 5. The summed E-state index contributed by atoms with van der Waals surface area (Å²) in [5.74, 6) is -0.130. The van der Waals surface area contributed by atoms with Crippen LogP contribution in [0.25, 0.3) is 0 Å². The molecule has 0 N–H and O–H groups in total. The molecule has 204 valence electrons. The molecule has 3 rings (SSSR count). The first-order valence-electron chi connectivity index (χ1n) is 12.5. The highest BCUT2D eigenvalue weighted by Gasteiger charge is 2.35. The Balaban J connectivity index is 1.65. The Labute approximate surface area is 227 Å². The molecule has 0 spiro atoms. The van der Waals surface area contributed by atoms with Crippen LogP contribution in [0.4, 0.5) is 18.0 Å². The standard InChI is InChI=1S/C28H35Cl2F3N2O2/c1-27(2,3)37-26(36)34(4)18-21(20-9-10-24(29)25(30)17-20)13-16-35-14-11-19(12-15-35)22-7-5-6-8-23(22)28(31,32)33/h5-10,17,19,21H,11-16,18H2,1-4H3/t21-/m1/s1. The van der Waals surface area contributed by atoms with Crippen molar-refractivity contribution in [2.75, 3.05) is 33.2 Å². The van der Waals surface area contributed by atoms with Gasteiger partial charge in [0.15, 0.2) is 0 Å². The Bertz CT molecular complexity index is 1060. The quantitative estimate of drug-likeness (QED) is 0.343. The van der Waals surface area contributed by atoms with Gasteiger partial charge in [0.1, 0.15) is 5.60 Å². The number of amides is 1. The minimum absolute atomic E-state index is 0.0176. The summed E-state index contributed by atoms with van der Waals surface area (Å²) < 4.78 is 46.0. The molecule has 0 bridgehead atoms. The Hall–Kier alpha value is -1.96. The van der Waals surface area contributed by atoms with Gasteiger partial charge in [-0.05, 0) is 94.9 Å². The highest BCUT2D eigenvalue weighted by molar-refractivity contribution is 6.42. The topological polar surface area (TPSA) is 32.8 Å². The van der Waals surface area contributed by atoms with Crippen LogP contribution in [-0.4, -0.2) is 54.7 Å². The van der Waals surface area contributed by atoms with Crippen molar-refractivity contribution in [1.82, 2.24) is 9.80 Å². The summed E-state index contributed by atoms with van der Waals surface area (Å²) in [4.78, 5) is 16.4. The number of hydrogen-bond acceptors (Lipinski definition) is 3. The lowest BCUT2D eigenvalue weighted by Gasteiger charge is -2.34. The van der Waals surface area contributed by atoms with Crippen molar-refractivity contribution in [1.29, 1.82) is 0 Å². The fourth-order valence-electron chi connectivity index (χ4n) is 4.79. The van der Waals surface area contributed by atoms with Crippen LogP contribution in [0.2, 0.25) is 10.0 Å². The van der Waals surface area contributed by atoms with Crippen LogP contribution >= 0.6 is 23.2 Å². The van der Waals surface area contributed by atoms with E-state index in [1.165, 1.54) is 12.1 Å². The molecule has 1 fully saturated rings. The molecule has 4 nitrogen and oxygen atoms in total. The molecule has 0 aliphatic carbocycles. The smallest absolute Gasteiger partial charge is 0.416 e. The molecular weight excluding hydrogens is 524 g/mol. The predicted octanol–water partition coefficient (Wildman–Crippen LogP) is 8.23. The van der Waals surface area contributed by atoms with E-state index in [0.717, 1.165) is 18.5 Å². The maximum atomic E-state index is 13.5. The van der Waals surface area contributed by atoms with Crippen molar-refractivity contribution >= 4 is 29.3 Å². The monoisotopic (exact) mass is 558 g/mol. The molecule has 2 aromatic rings. The van der Waals surface area contributed by atoms with Gasteiger partial charge in [-0.3, -0.25) is 0 Å². The minimum atomic E-state index is -4.35. The van der Waals surface area contributed by atoms with E-state index in [1.54, 1.807) is 30.1 Å². The van der Waals surface area contributed by atoms with E-state index in [-0.39, 0.29) is 11.8 Å². The Morgan fingerprint density at radius 2 is 1.73 bits per heavy atom. The molecule has 0 radical (unpaired) electrons. The first-order valence-corrected chi connectivity index (χ1v) is 13.3. The molecule has 1 saturated heterocycles. The van der Waals surface area contributed by atoms with Crippen molar-refractivity contribution in [2.45, 2.75) is 63.6 Å². The maximum absolute atomic E-state index is 13.5. The zero-order chi connectivity index (χ0) is 27.4. The fraction of sp³-hybridized carbons (Fsp3) is 0.536. The van der Waals surface area contributed by atoms with Gasteiger partial charge in [0.2, 0.25) is 0 Å². The normalized spacial score (nSPS) is 16.5. The Morgan fingerprint density at radius 1 is 1.08 bits per heavy atom. The number of hydrogen-bond donors (Lipinski definition) is 0. The van der Waals surface area contributed by atoms with Gasteiger partial charge >= 0.3 is 12.3 Å². The van der Waals surface area contributed by atoms with Gasteiger partial charge in [-0.25, -0.2) is 4.79 Å². The third-order valence-electron chi connectivity index (χ3n) is 6.70. The molecular formula is C28H35Cl2F3N2O2. The summed E-state index contributed by atoms with van der Waals surface area (Å²) in [5.41, 5.74) is 0.235. The average molecular weight is 560 g/mol. The number of benzene rings is 2. The van der Waals surface area contributed by atoms with E-state index in [1.807, 2.05) is 32.9 Å². The first-order chi connectivity index (χ1) is 17.2. The lowest BCUT2D eigenvalue weighted by atomic mass is 9.86. The zero-order valence-corrected chi connectivity index (χ0v) is 23.3. The third-order valence-corrected chi connectivity index (χ3v) is 7.44. The van der Waals surface area contributed by atoms with E-state index in [2.05, 4.69) is 4.90 Å². The maximum Gasteiger partial charge on any atom is 0.416 e. The molecule has 0 unspecified atom stereocenters. The average Bonchev–Trinajstić information content (AvgIpc) is 2.82. The van der Waals surface area contributed by atoms with Crippen LogP contribution in [0, 0.1) is 0 Å². The van der Waals surface area contributed by atoms with Crippen LogP contribution in [0.1, 0.15) is 68.6 Å². The van der Waals surface area contributed by atoms with Crippen LogP contribution in [0.15, 0.2) is 42.5 Å². The molecule has 37 heavy (non-hydrogen) atoms. The number of rotatable bonds is 7. The summed E-state index contributed by atoms with van der Waals surface area (Å²) in [6, 6.07) is 11.4. The van der Waals surface area contributed by atoms with E-state index in [4.69, 9.17) is 27.9 Å². The second-order valence-electron chi connectivity index (χ2n) is 10.7. The van der Waals surface area contributed by atoms with Gasteiger partial charge in [0.25, 0.3) is 0 Å². The predicted molar refractivity (Wildman–Crippen MR) is 143 cm³/mol. The summed E-state index contributed by atoms with van der Waals surface area (Å²) in [6.07, 6.45) is -2.66. The van der Waals surface area contributed by atoms with E-state index in [9.17, 15) is 18.0 Å². The number of piperidine rings is 1. The van der Waals surface area contributed by atoms with Crippen molar-refractivity contribution in [2.24, 2.45) is 0 Å². The number of likely N-dealkylation sites (N-methyl/N-ethyl adjacent to an activating group) is 1. The number of carbonyl (C=O) groups is 1. The SMILES string of the molecule is CN(C[C@@H](CCN1CCC(c2ccccc2C(F)(F)F)CC1)c1ccc(Cl)c(Cl)c1)C(=O)OC(C)(C)C. The number of likely N-dealkylation sites (tertiary alicyclic amines) is 1. The van der Waals surface area contributed by atoms with Gasteiger partial charge in [0.05, 0.1) is 15.6 Å². The second kappa shape index (κ2) is 12.3. The van der Waals surface area contributed by atoms with Gasteiger partial charge in [-0.2, -0.15) is 13.2 Å². The van der Waals surface area contributed by atoms with Crippen LogP contribution < -0.4 is 0 Å². The number of carbonyl (C=O) groups excluding carboxylic acids is 1. The molecule has 1 amide bonds. The summed E-state index contributed by atoms with van der Waals surface area (Å²) in [6.45, 7) is 8.09.